The zero-order valence-electron chi connectivity index (χ0n) is 7.25. The second-order valence-electron chi connectivity index (χ2n) is 2.85. The first-order valence-corrected chi connectivity index (χ1v) is 4.13. The molecule has 69 valence electrons. The summed E-state index contributed by atoms with van der Waals surface area (Å²) in [6, 6.07) is 11.7. The number of aromatic nitrogens is 1. The third-order valence-corrected chi connectivity index (χ3v) is 1.85. The Balaban J connectivity index is 2.55. The van der Waals surface area contributed by atoms with E-state index in [0.29, 0.717) is 11.3 Å². The van der Waals surface area contributed by atoms with Crippen LogP contribution in [0.5, 0.6) is 0 Å². The average molecular weight is 188 g/mol. The lowest BCUT2D eigenvalue weighted by Gasteiger charge is -1.99. The molecule has 1 heterocycles. The number of nitrogens with one attached hydrogen (secondary N) is 1. The van der Waals surface area contributed by atoms with Crippen LogP contribution in [0, 0.1) is 11.9 Å². The molecule has 1 radical (unpaired) electrons. The number of pyridine rings is 1. The number of hydrogen-bond acceptors (Lipinski definition) is 1. The lowest BCUT2D eigenvalue weighted by Crippen LogP contribution is -2.03. The predicted molar refractivity (Wildman–Crippen MR) is 51.3 cm³/mol. The number of rotatable bonds is 1. The molecule has 0 aliphatic rings. The Morgan fingerprint density at radius 2 is 2.14 bits per heavy atom. The average Bonchev–Trinajstić information content (AvgIpc) is 2.18. The van der Waals surface area contributed by atoms with Crippen molar-refractivity contribution in [1.82, 2.24) is 4.98 Å². The number of hydrogen-bond donors (Lipinski definition) is 1. The fourth-order valence-corrected chi connectivity index (χ4v) is 1.22. The maximum atomic E-state index is 12.8. The Kier molecular flexibility index (Phi) is 2.14. The van der Waals surface area contributed by atoms with E-state index in [2.05, 4.69) is 11.1 Å². The molecule has 0 aliphatic carbocycles. The van der Waals surface area contributed by atoms with Crippen LogP contribution < -0.4 is 5.56 Å². The van der Waals surface area contributed by atoms with E-state index in [1.807, 2.05) is 0 Å². The highest BCUT2D eigenvalue weighted by molar-refractivity contribution is 5.58. The van der Waals surface area contributed by atoms with Gasteiger partial charge in [-0.05, 0) is 12.1 Å². The van der Waals surface area contributed by atoms with E-state index in [4.69, 9.17) is 0 Å². The molecule has 2 aromatic rings. The van der Waals surface area contributed by atoms with E-state index in [0.717, 1.165) is 0 Å². The number of aromatic amines is 1. The Morgan fingerprint density at radius 1 is 1.29 bits per heavy atom. The second-order valence-corrected chi connectivity index (χ2v) is 2.85. The predicted octanol–water partition coefficient (Wildman–Crippen LogP) is 1.98. The van der Waals surface area contributed by atoms with Crippen molar-refractivity contribution in [3.63, 3.8) is 0 Å². The van der Waals surface area contributed by atoms with E-state index in [9.17, 15) is 9.18 Å². The Morgan fingerprint density at radius 3 is 2.86 bits per heavy atom. The zero-order valence-corrected chi connectivity index (χ0v) is 7.25. The summed E-state index contributed by atoms with van der Waals surface area (Å²) < 4.78 is 12.8. The molecular formula is C11H7FNO. The second kappa shape index (κ2) is 3.46. The van der Waals surface area contributed by atoms with Gasteiger partial charge in [-0.2, -0.15) is 0 Å². The van der Waals surface area contributed by atoms with Crippen molar-refractivity contribution in [2.24, 2.45) is 0 Å². The summed E-state index contributed by atoms with van der Waals surface area (Å²) in [5.41, 5.74) is 1.04. The maximum absolute atomic E-state index is 12.8. The molecule has 0 amide bonds. The molecule has 1 aromatic carbocycles. The van der Waals surface area contributed by atoms with Crippen LogP contribution in [0.3, 0.4) is 0 Å². The highest BCUT2D eigenvalue weighted by Gasteiger charge is 1.98. The van der Waals surface area contributed by atoms with Crippen LogP contribution in [0.15, 0.2) is 41.2 Å². The van der Waals surface area contributed by atoms with Crippen molar-refractivity contribution in [2.75, 3.05) is 0 Å². The molecule has 0 spiro atoms. The fourth-order valence-electron chi connectivity index (χ4n) is 1.22. The fraction of sp³-hybridized carbons (Fsp3) is 0. The van der Waals surface area contributed by atoms with Crippen LogP contribution in [0.4, 0.5) is 4.39 Å². The molecule has 0 saturated carbocycles. The smallest absolute Gasteiger partial charge is 0.248 e. The van der Waals surface area contributed by atoms with Gasteiger partial charge in [0.2, 0.25) is 5.56 Å². The molecule has 2 nitrogen and oxygen atoms in total. The quantitative estimate of drug-likeness (QED) is 0.729. The molecule has 0 unspecified atom stereocenters. The first kappa shape index (κ1) is 8.69. The van der Waals surface area contributed by atoms with Crippen LogP contribution in [0.25, 0.3) is 11.3 Å². The molecule has 0 atom stereocenters. The molecule has 0 bridgehead atoms. The Hall–Kier alpha value is -1.90. The summed E-state index contributed by atoms with van der Waals surface area (Å²) >= 11 is 0. The molecule has 0 fully saturated rings. The first-order valence-electron chi connectivity index (χ1n) is 4.13. The zero-order chi connectivity index (χ0) is 9.97. The van der Waals surface area contributed by atoms with E-state index in [1.165, 1.54) is 18.2 Å². The monoisotopic (exact) mass is 188 g/mol. The van der Waals surface area contributed by atoms with Gasteiger partial charge in [0.05, 0.1) is 0 Å². The van der Waals surface area contributed by atoms with Crippen LogP contribution in [-0.2, 0) is 0 Å². The van der Waals surface area contributed by atoms with Gasteiger partial charge in [0.15, 0.2) is 0 Å². The highest BCUT2D eigenvalue weighted by Crippen LogP contribution is 2.15. The molecule has 0 aliphatic heterocycles. The van der Waals surface area contributed by atoms with Crippen LogP contribution in [0.1, 0.15) is 0 Å². The van der Waals surface area contributed by atoms with E-state index in [-0.39, 0.29) is 5.56 Å². The molecule has 2 rings (SSSR count). The molecule has 3 heteroatoms. The minimum atomic E-state index is -0.438. The highest BCUT2D eigenvalue weighted by atomic mass is 19.1. The van der Waals surface area contributed by atoms with Gasteiger partial charge in [-0.15, -0.1) is 0 Å². The van der Waals surface area contributed by atoms with E-state index in [1.54, 1.807) is 18.2 Å². The molecular weight excluding hydrogens is 181 g/mol. The molecule has 14 heavy (non-hydrogen) atoms. The van der Waals surface area contributed by atoms with Crippen molar-refractivity contribution < 1.29 is 4.39 Å². The summed E-state index contributed by atoms with van der Waals surface area (Å²) in [5.74, 6) is -0.438. The first-order chi connectivity index (χ1) is 6.75. The van der Waals surface area contributed by atoms with E-state index >= 15 is 0 Å². The van der Waals surface area contributed by atoms with Gasteiger partial charge in [0, 0.05) is 23.4 Å². The van der Waals surface area contributed by atoms with Gasteiger partial charge in [-0.1, -0.05) is 18.2 Å². The minimum absolute atomic E-state index is 0.198. The summed E-state index contributed by atoms with van der Waals surface area (Å²) in [6.45, 7) is 0. The van der Waals surface area contributed by atoms with Crippen LogP contribution >= 0.6 is 0 Å². The van der Waals surface area contributed by atoms with Gasteiger partial charge >= 0.3 is 0 Å². The normalized spacial score (nSPS) is 10.1. The summed E-state index contributed by atoms with van der Waals surface area (Å²) in [5, 5.41) is 0. The number of benzene rings is 1. The van der Waals surface area contributed by atoms with Gasteiger partial charge in [-0.25, -0.2) is 4.39 Å². The van der Waals surface area contributed by atoms with E-state index < -0.39 is 5.82 Å². The summed E-state index contributed by atoms with van der Waals surface area (Å²) in [6.07, 6.45) is 0. The lowest BCUT2D eigenvalue weighted by molar-refractivity contribution is 0.626. The van der Waals surface area contributed by atoms with Crippen molar-refractivity contribution >= 4 is 0 Å². The van der Waals surface area contributed by atoms with Gasteiger partial charge in [-0.3, -0.25) is 4.79 Å². The van der Waals surface area contributed by atoms with Crippen molar-refractivity contribution in [1.29, 1.82) is 0 Å². The standard InChI is InChI=1S/C11H7FNO/c12-9-4-1-3-8(7-9)10-5-2-6-11(14)13-10/h1-3,5-7H,(H,13,14). The molecule has 1 N–H and O–H groups in total. The Labute approximate surface area is 80.0 Å². The van der Waals surface area contributed by atoms with Gasteiger partial charge in [0.25, 0.3) is 0 Å². The molecule has 1 aromatic heterocycles. The third kappa shape index (κ3) is 1.71. The van der Waals surface area contributed by atoms with Crippen molar-refractivity contribution in [3.8, 4) is 11.3 Å². The lowest BCUT2D eigenvalue weighted by atomic mass is 10.1. The molecule has 0 saturated heterocycles. The largest absolute Gasteiger partial charge is 0.322 e. The van der Waals surface area contributed by atoms with Crippen molar-refractivity contribution in [2.45, 2.75) is 0 Å². The van der Waals surface area contributed by atoms with Crippen LogP contribution in [0.2, 0.25) is 0 Å². The number of halogens is 1. The van der Waals surface area contributed by atoms with Crippen LogP contribution in [-0.4, -0.2) is 4.98 Å². The third-order valence-electron chi connectivity index (χ3n) is 1.85. The summed E-state index contributed by atoms with van der Waals surface area (Å²) in [7, 11) is 0. The topological polar surface area (TPSA) is 32.9 Å². The maximum Gasteiger partial charge on any atom is 0.248 e. The SMILES string of the molecule is O=c1cccc(-c2cc[c]c(F)c2)[nH]1. The summed E-state index contributed by atoms with van der Waals surface area (Å²) in [4.78, 5) is 13.6. The van der Waals surface area contributed by atoms with Gasteiger partial charge < -0.3 is 4.98 Å². The minimum Gasteiger partial charge on any atom is -0.322 e. The Bertz CT molecular complexity index is 504. The van der Waals surface area contributed by atoms with Crippen molar-refractivity contribution in [3.05, 3.63) is 58.6 Å². The van der Waals surface area contributed by atoms with Gasteiger partial charge in [0.1, 0.15) is 5.82 Å². The number of H-pyrrole nitrogens is 1.